The number of fused-ring (bicyclic) bond motifs is 1. The maximum atomic E-state index is 12.7. The van der Waals surface area contributed by atoms with Gasteiger partial charge in [0.2, 0.25) is 0 Å². The first-order valence-corrected chi connectivity index (χ1v) is 7.26. The SMILES string of the molecule is COc1cccc2c1C(=O)/C(=C\c1ccc([N+](=O)[O-])cc1)CC2. The van der Waals surface area contributed by atoms with E-state index in [1.54, 1.807) is 31.4 Å². The van der Waals surface area contributed by atoms with Crippen molar-refractivity contribution in [2.24, 2.45) is 0 Å². The molecule has 0 aliphatic heterocycles. The Balaban J connectivity index is 1.95. The van der Waals surface area contributed by atoms with Crippen molar-refractivity contribution in [1.82, 2.24) is 0 Å². The predicted octanol–water partition coefficient (Wildman–Crippen LogP) is 3.82. The van der Waals surface area contributed by atoms with Gasteiger partial charge in [0, 0.05) is 17.7 Å². The van der Waals surface area contributed by atoms with Gasteiger partial charge in [-0.3, -0.25) is 14.9 Å². The van der Waals surface area contributed by atoms with Gasteiger partial charge in [-0.2, -0.15) is 0 Å². The number of carbonyl (C=O) groups is 1. The standard InChI is InChI=1S/C18H15NO4/c1-23-16-4-2-3-13-7-8-14(18(20)17(13)16)11-12-5-9-15(10-6-12)19(21)22/h2-6,9-11H,7-8H2,1H3/b14-11-. The molecule has 0 aromatic heterocycles. The molecule has 0 spiro atoms. The van der Waals surface area contributed by atoms with E-state index in [-0.39, 0.29) is 11.5 Å². The molecule has 0 N–H and O–H groups in total. The summed E-state index contributed by atoms with van der Waals surface area (Å²) < 4.78 is 5.30. The van der Waals surface area contributed by atoms with E-state index < -0.39 is 4.92 Å². The molecule has 0 unspecified atom stereocenters. The number of nitrogens with zero attached hydrogens (tertiary/aromatic N) is 1. The highest BCUT2D eigenvalue weighted by molar-refractivity contribution is 6.14. The number of nitro groups is 1. The first-order valence-electron chi connectivity index (χ1n) is 7.26. The molecular weight excluding hydrogens is 294 g/mol. The second kappa shape index (κ2) is 6.04. The molecular formula is C18H15NO4. The van der Waals surface area contributed by atoms with Crippen LogP contribution in [-0.2, 0) is 6.42 Å². The Kier molecular flexibility index (Phi) is 3.93. The van der Waals surface area contributed by atoms with Crippen molar-refractivity contribution in [1.29, 1.82) is 0 Å². The summed E-state index contributed by atoms with van der Waals surface area (Å²) in [7, 11) is 1.55. The van der Waals surface area contributed by atoms with E-state index in [2.05, 4.69) is 0 Å². The molecule has 0 amide bonds. The molecule has 1 aliphatic rings. The minimum absolute atomic E-state index is 0.0362. The number of allylic oxidation sites excluding steroid dienone is 1. The van der Waals surface area contributed by atoms with Crippen molar-refractivity contribution in [3.63, 3.8) is 0 Å². The summed E-state index contributed by atoms with van der Waals surface area (Å²) in [5.41, 5.74) is 3.12. The predicted molar refractivity (Wildman–Crippen MR) is 86.7 cm³/mol. The van der Waals surface area contributed by atoms with Gasteiger partial charge in [-0.25, -0.2) is 0 Å². The first kappa shape index (κ1) is 15.0. The zero-order chi connectivity index (χ0) is 16.4. The number of aryl methyl sites for hydroxylation is 1. The molecule has 2 aromatic carbocycles. The fraction of sp³-hybridized carbons (Fsp3) is 0.167. The minimum atomic E-state index is -0.441. The second-order valence-electron chi connectivity index (χ2n) is 5.34. The first-order chi connectivity index (χ1) is 11.1. The topological polar surface area (TPSA) is 69.4 Å². The molecule has 0 atom stereocenters. The molecule has 3 rings (SSSR count). The number of rotatable bonds is 3. The summed E-state index contributed by atoms with van der Waals surface area (Å²) in [6.45, 7) is 0. The summed E-state index contributed by atoms with van der Waals surface area (Å²) in [6.07, 6.45) is 3.22. The Morgan fingerprint density at radius 2 is 1.87 bits per heavy atom. The molecule has 0 saturated heterocycles. The lowest BCUT2D eigenvalue weighted by Gasteiger charge is -2.19. The summed E-state index contributed by atoms with van der Waals surface area (Å²) >= 11 is 0. The average molecular weight is 309 g/mol. The van der Waals surface area contributed by atoms with Crippen LogP contribution in [0, 0.1) is 10.1 Å². The quantitative estimate of drug-likeness (QED) is 0.491. The normalized spacial score (nSPS) is 15.3. The van der Waals surface area contributed by atoms with Gasteiger partial charge >= 0.3 is 0 Å². The number of ether oxygens (including phenoxy) is 1. The van der Waals surface area contributed by atoms with E-state index in [1.165, 1.54) is 12.1 Å². The van der Waals surface area contributed by atoms with Crippen molar-refractivity contribution in [2.75, 3.05) is 7.11 Å². The highest BCUT2D eigenvalue weighted by Crippen LogP contribution is 2.32. The molecule has 2 aromatic rings. The number of nitro benzene ring substituents is 1. The molecule has 5 nitrogen and oxygen atoms in total. The van der Waals surface area contributed by atoms with Gasteiger partial charge in [0.25, 0.3) is 5.69 Å². The number of benzene rings is 2. The van der Waals surface area contributed by atoms with Gasteiger partial charge in [0.15, 0.2) is 5.78 Å². The van der Waals surface area contributed by atoms with E-state index in [9.17, 15) is 14.9 Å². The molecule has 0 heterocycles. The lowest BCUT2D eigenvalue weighted by Crippen LogP contribution is -2.15. The Hall–Kier alpha value is -2.95. The third-order valence-corrected chi connectivity index (χ3v) is 3.96. The second-order valence-corrected chi connectivity index (χ2v) is 5.34. The average Bonchev–Trinajstić information content (AvgIpc) is 2.57. The Morgan fingerprint density at radius 3 is 2.52 bits per heavy atom. The summed E-state index contributed by atoms with van der Waals surface area (Å²) in [5.74, 6) is 0.545. The Labute approximate surface area is 133 Å². The number of hydrogen-bond donors (Lipinski definition) is 0. The van der Waals surface area contributed by atoms with Gasteiger partial charge in [-0.05, 0) is 48.2 Å². The van der Waals surface area contributed by atoms with Crippen LogP contribution in [0.25, 0.3) is 6.08 Å². The smallest absolute Gasteiger partial charge is 0.269 e. The number of carbonyl (C=O) groups excluding carboxylic acids is 1. The van der Waals surface area contributed by atoms with E-state index in [1.807, 2.05) is 12.1 Å². The van der Waals surface area contributed by atoms with E-state index in [0.29, 0.717) is 23.3 Å². The van der Waals surface area contributed by atoms with Gasteiger partial charge in [0.05, 0.1) is 17.6 Å². The lowest BCUT2D eigenvalue weighted by molar-refractivity contribution is -0.384. The number of methoxy groups -OCH3 is 1. The van der Waals surface area contributed by atoms with E-state index >= 15 is 0 Å². The van der Waals surface area contributed by atoms with Gasteiger partial charge in [-0.15, -0.1) is 0 Å². The molecule has 0 saturated carbocycles. The molecule has 0 bridgehead atoms. The molecule has 23 heavy (non-hydrogen) atoms. The highest BCUT2D eigenvalue weighted by Gasteiger charge is 2.25. The maximum absolute atomic E-state index is 12.7. The fourth-order valence-corrected chi connectivity index (χ4v) is 2.79. The Bertz CT molecular complexity index is 792. The van der Waals surface area contributed by atoms with Crippen LogP contribution in [0.15, 0.2) is 48.0 Å². The van der Waals surface area contributed by atoms with Crippen LogP contribution < -0.4 is 4.74 Å². The van der Waals surface area contributed by atoms with Crippen molar-refractivity contribution >= 4 is 17.5 Å². The Morgan fingerprint density at radius 1 is 1.13 bits per heavy atom. The van der Waals surface area contributed by atoms with Crippen LogP contribution in [0.4, 0.5) is 5.69 Å². The summed E-state index contributed by atoms with van der Waals surface area (Å²) in [6, 6.07) is 11.8. The molecule has 5 heteroatoms. The lowest BCUT2D eigenvalue weighted by atomic mass is 9.85. The van der Waals surface area contributed by atoms with Crippen LogP contribution in [0.5, 0.6) is 5.75 Å². The number of non-ortho nitro benzene ring substituents is 1. The fourth-order valence-electron chi connectivity index (χ4n) is 2.79. The van der Waals surface area contributed by atoms with Gasteiger partial charge in [0.1, 0.15) is 5.75 Å². The zero-order valence-corrected chi connectivity index (χ0v) is 12.6. The van der Waals surface area contributed by atoms with E-state index in [0.717, 1.165) is 17.5 Å². The van der Waals surface area contributed by atoms with Crippen LogP contribution in [-0.4, -0.2) is 17.8 Å². The van der Waals surface area contributed by atoms with Crippen LogP contribution >= 0.6 is 0 Å². The number of Topliss-reactive ketones (excluding diaryl/α,β-unsaturated/α-hetero) is 1. The van der Waals surface area contributed by atoms with Gasteiger partial charge < -0.3 is 4.74 Å². The molecule has 0 fully saturated rings. The maximum Gasteiger partial charge on any atom is 0.269 e. The number of hydrogen-bond acceptors (Lipinski definition) is 4. The third kappa shape index (κ3) is 2.85. The van der Waals surface area contributed by atoms with Crippen molar-refractivity contribution in [3.8, 4) is 5.75 Å². The monoisotopic (exact) mass is 309 g/mol. The number of ketones is 1. The molecule has 116 valence electrons. The highest BCUT2D eigenvalue weighted by atomic mass is 16.6. The largest absolute Gasteiger partial charge is 0.496 e. The minimum Gasteiger partial charge on any atom is -0.496 e. The van der Waals surface area contributed by atoms with Crippen molar-refractivity contribution < 1.29 is 14.5 Å². The van der Waals surface area contributed by atoms with Crippen molar-refractivity contribution in [2.45, 2.75) is 12.8 Å². The summed E-state index contributed by atoms with van der Waals surface area (Å²) in [4.78, 5) is 23.0. The van der Waals surface area contributed by atoms with Crippen molar-refractivity contribution in [3.05, 3.63) is 74.8 Å². The third-order valence-electron chi connectivity index (χ3n) is 3.96. The molecule has 0 radical (unpaired) electrons. The zero-order valence-electron chi connectivity index (χ0n) is 12.6. The van der Waals surface area contributed by atoms with Crippen LogP contribution in [0.3, 0.4) is 0 Å². The van der Waals surface area contributed by atoms with Crippen LogP contribution in [0.2, 0.25) is 0 Å². The molecule has 1 aliphatic carbocycles. The van der Waals surface area contributed by atoms with Gasteiger partial charge in [-0.1, -0.05) is 12.1 Å². The summed E-state index contributed by atoms with van der Waals surface area (Å²) in [5, 5.41) is 10.7. The van der Waals surface area contributed by atoms with Crippen LogP contribution in [0.1, 0.15) is 27.9 Å². The van der Waals surface area contributed by atoms with E-state index in [4.69, 9.17) is 4.74 Å².